The minimum absolute atomic E-state index is 0.854. The van der Waals surface area contributed by atoms with Gasteiger partial charge in [-0.25, -0.2) is 0 Å². The third-order valence-electron chi connectivity index (χ3n) is 3.62. The predicted octanol–water partition coefficient (Wildman–Crippen LogP) is 1.66. The van der Waals surface area contributed by atoms with Crippen LogP contribution in [0.15, 0.2) is 24.4 Å². The maximum absolute atomic E-state index is 4.28. The van der Waals surface area contributed by atoms with Crippen LogP contribution >= 0.6 is 0 Å². The minimum atomic E-state index is 0.854. The summed E-state index contributed by atoms with van der Waals surface area (Å²) in [6.07, 6.45) is 6.92. The van der Waals surface area contributed by atoms with E-state index in [9.17, 15) is 0 Å². The summed E-state index contributed by atoms with van der Waals surface area (Å²) in [6, 6.07) is 6.03. The molecule has 3 heterocycles. The fourth-order valence-electron chi connectivity index (χ4n) is 2.57. The van der Waals surface area contributed by atoms with E-state index in [1.165, 1.54) is 32.4 Å². The van der Waals surface area contributed by atoms with Crippen molar-refractivity contribution in [2.45, 2.75) is 25.7 Å². The Bertz CT molecular complexity index is 485. The Morgan fingerprint density at radius 1 is 1.24 bits per heavy atom. The lowest BCUT2D eigenvalue weighted by Gasteiger charge is -2.21. The molecule has 0 aliphatic carbocycles. The number of fused-ring (bicyclic) bond motifs is 1. The average Bonchev–Trinajstić information content (AvgIpc) is 2.81. The topological polar surface area (TPSA) is 42.2 Å². The standard InChI is InChI=1S/C13H18N4/c1-2-10-17-12(3-1)15-16-13(17)5-4-11-6-8-14-9-7-11/h1-3,10-11,14H,4-9H2. The van der Waals surface area contributed by atoms with E-state index < -0.39 is 0 Å². The third kappa shape index (κ3) is 2.31. The highest BCUT2D eigenvalue weighted by molar-refractivity contribution is 5.36. The normalized spacial score (nSPS) is 17.6. The van der Waals surface area contributed by atoms with Crippen molar-refractivity contribution < 1.29 is 0 Å². The molecule has 0 spiro atoms. The highest BCUT2D eigenvalue weighted by atomic mass is 15.2. The predicted molar refractivity (Wildman–Crippen MR) is 66.9 cm³/mol. The summed E-state index contributed by atoms with van der Waals surface area (Å²) in [4.78, 5) is 0. The van der Waals surface area contributed by atoms with E-state index in [0.29, 0.717) is 0 Å². The number of hydrogen-bond acceptors (Lipinski definition) is 3. The maximum Gasteiger partial charge on any atom is 0.160 e. The lowest BCUT2D eigenvalue weighted by molar-refractivity contribution is 0.352. The molecule has 3 rings (SSSR count). The van der Waals surface area contributed by atoms with Crippen molar-refractivity contribution in [3.63, 3.8) is 0 Å². The van der Waals surface area contributed by atoms with Crippen molar-refractivity contribution >= 4 is 5.65 Å². The second kappa shape index (κ2) is 4.84. The zero-order valence-electron chi connectivity index (χ0n) is 9.97. The summed E-state index contributed by atoms with van der Waals surface area (Å²) in [7, 11) is 0. The Balaban J connectivity index is 1.68. The van der Waals surface area contributed by atoms with Gasteiger partial charge < -0.3 is 5.32 Å². The second-order valence-electron chi connectivity index (χ2n) is 4.78. The van der Waals surface area contributed by atoms with E-state index in [4.69, 9.17) is 0 Å². The Labute approximate surface area is 101 Å². The number of hydrogen-bond donors (Lipinski definition) is 1. The molecule has 1 N–H and O–H groups in total. The van der Waals surface area contributed by atoms with Crippen LogP contribution in [0.2, 0.25) is 0 Å². The molecule has 0 atom stereocenters. The van der Waals surface area contributed by atoms with Crippen LogP contribution < -0.4 is 5.32 Å². The summed E-state index contributed by atoms with van der Waals surface area (Å²) in [5, 5.41) is 11.9. The molecule has 1 saturated heterocycles. The van der Waals surface area contributed by atoms with Gasteiger partial charge in [-0.05, 0) is 50.4 Å². The smallest absolute Gasteiger partial charge is 0.160 e. The Hall–Kier alpha value is -1.42. The van der Waals surface area contributed by atoms with Gasteiger partial charge in [-0.2, -0.15) is 0 Å². The van der Waals surface area contributed by atoms with Crippen LogP contribution in [0.1, 0.15) is 25.1 Å². The summed E-state index contributed by atoms with van der Waals surface area (Å²) >= 11 is 0. The molecule has 0 radical (unpaired) electrons. The van der Waals surface area contributed by atoms with Gasteiger partial charge in [-0.3, -0.25) is 4.40 Å². The van der Waals surface area contributed by atoms with Crippen molar-refractivity contribution in [3.05, 3.63) is 30.2 Å². The van der Waals surface area contributed by atoms with Gasteiger partial charge in [0.2, 0.25) is 0 Å². The van der Waals surface area contributed by atoms with Crippen LogP contribution in [-0.4, -0.2) is 27.7 Å². The maximum atomic E-state index is 4.28. The van der Waals surface area contributed by atoms with E-state index in [1.54, 1.807) is 0 Å². The monoisotopic (exact) mass is 230 g/mol. The molecule has 1 aliphatic heterocycles. The molecule has 1 aliphatic rings. The Morgan fingerprint density at radius 2 is 2.12 bits per heavy atom. The van der Waals surface area contributed by atoms with Crippen LogP contribution in [0.5, 0.6) is 0 Å². The van der Waals surface area contributed by atoms with E-state index in [1.807, 2.05) is 24.4 Å². The van der Waals surface area contributed by atoms with Gasteiger partial charge in [0.15, 0.2) is 5.65 Å². The largest absolute Gasteiger partial charge is 0.317 e. The number of piperidine rings is 1. The van der Waals surface area contributed by atoms with Crippen molar-refractivity contribution in [3.8, 4) is 0 Å². The van der Waals surface area contributed by atoms with Gasteiger partial charge in [0.05, 0.1) is 0 Å². The highest BCUT2D eigenvalue weighted by Gasteiger charge is 2.14. The number of aromatic nitrogens is 3. The van der Waals surface area contributed by atoms with Gasteiger partial charge in [0.1, 0.15) is 5.82 Å². The molecule has 90 valence electrons. The van der Waals surface area contributed by atoms with Crippen molar-refractivity contribution in [1.29, 1.82) is 0 Å². The van der Waals surface area contributed by atoms with Crippen LogP contribution in [0, 0.1) is 5.92 Å². The summed E-state index contributed by atoms with van der Waals surface area (Å²) in [6.45, 7) is 2.34. The number of aryl methyl sites for hydroxylation is 1. The van der Waals surface area contributed by atoms with E-state index in [0.717, 1.165) is 23.8 Å². The van der Waals surface area contributed by atoms with Crippen molar-refractivity contribution in [1.82, 2.24) is 19.9 Å². The van der Waals surface area contributed by atoms with Gasteiger partial charge in [0.25, 0.3) is 0 Å². The molecule has 2 aromatic heterocycles. The van der Waals surface area contributed by atoms with Gasteiger partial charge in [-0.15, -0.1) is 10.2 Å². The first-order valence-corrected chi connectivity index (χ1v) is 6.43. The lowest BCUT2D eigenvalue weighted by Crippen LogP contribution is -2.28. The minimum Gasteiger partial charge on any atom is -0.317 e. The van der Waals surface area contributed by atoms with Gasteiger partial charge in [-0.1, -0.05) is 6.07 Å². The lowest BCUT2D eigenvalue weighted by atomic mass is 9.93. The summed E-state index contributed by atoms with van der Waals surface area (Å²) < 4.78 is 2.10. The summed E-state index contributed by atoms with van der Waals surface area (Å²) in [5.74, 6) is 1.95. The van der Waals surface area contributed by atoms with Crippen LogP contribution in [-0.2, 0) is 6.42 Å². The molecule has 4 nitrogen and oxygen atoms in total. The van der Waals surface area contributed by atoms with E-state index in [2.05, 4.69) is 19.9 Å². The molecule has 1 fully saturated rings. The first-order chi connectivity index (χ1) is 8.43. The first kappa shape index (κ1) is 10.7. The summed E-state index contributed by atoms with van der Waals surface area (Å²) in [5.41, 5.74) is 0.952. The SMILES string of the molecule is c1ccn2c(CCC3CCNCC3)nnc2c1. The number of nitrogens with one attached hydrogen (secondary N) is 1. The van der Waals surface area contributed by atoms with Crippen LogP contribution in [0.4, 0.5) is 0 Å². The van der Waals surface area contributed by atoms with Gasteiger partial charge in [0, 0.05) is 12.6 Å². The Kier molecular flexibility index (Phi) is 3.05. The number of nitrogens with zero attached hydrogens (tertiary/aromatic N) is 3. The molecule has 0 unspecified atom stereocenters. The quantitative estimate of drug-likeness (QED) is 0.872. The van der Waals surface area contributed by atoms with E-state index >= 15 is 0 Å². The third-order valence-corrected chi connectivity index (χ3v) is 3.62. The average molecular weight is 230 g/mol. The molecule has 4 heteroatoms. The van der Waals surface area contributed by atoms with Crippen LogP contribution in [0.3, 0.4) is 0 Å². The van der Waals surface area contributed by atoms with Gasteiger partial charge >= 0.3 is 0 Å². The van der Waals surface area contributed by atoms with Crippen molar-refractivity contribution in [2.24, 2.45) is 5.92 Å². The van der Waals surface area contributed by atoms with E-state index in [-0.39, 0.29) is 0 Å². The molecule has 17 heavy (non-hydrogen) atoms. The zero-order chi connectivity index (χ0) is 11.5. The molecule has 2 aromatic rings. The number of pyridine rings is 1. The highest BCUT2D eigenvalue weighted by Crippen LogP contribution is 2.18. The first-order valence-electron chi connectivity index (χ1n) is 6.43. The fourth-order valence-corrected chi connectivity index (χ4v) is 2.57. The fraction of sp³-hybridized carbons (Fsp3) is 0.538. The molecular weight excluding hydrogens is 212 g/mol. The Morgan fingerprint density at radius 3 is 3.00 bits per heavy atom. The number of rotatable bonds is 3. The zero-order valence-corrected chi connectivity index (χ0v) is 9.97. The van der Waals surface area contributed by atoms with Crippen molar-refractivity contribution in [2.75, 3.05) is 13.1 Å². The molecule has 0 bridgehead atoms. The van der Waals surface area contributed by atoms with Crippen LogP contribution in [0.25, 0.3) is 5.65 Å². The molecule has 0 amide bonds. The molecule has 0 aromatic carbocycles. The second-order valence-corrected chi connectivity index (χ2v) is 4.78. The molecule has 0 saturated carbocycles. The molecular formula is C13H18N4.